The molecule has 8 nitrogen and oxygen atoms in total. The number of aryl methyl sites for hydroxylation is 1. The number of amides is 1. The summed E-state index contributed by atoms with van der Waals surface area (Å²) in [6.45, 7) is 3.71. The number of ether oxygens (including phenoxy) is 1. The minimum absolute atomic E-state index is 0.155. The van der Waals surface area contributed by atoms with E-state index in [4.69, 9.17) is 4.74 Å². The largest absolute Gasteiger partial charge is 0.496 e. The fourth-order valence-corrected chi connectivity index (χ4v) is 5.15. The summed E-state index contributed by atoms with van der Waals surface area (Å²) in [4.78, 5) is 14.4. The van der Waals surface area contributed by atoms with E-state index in [-0.39, 0.29) is 12.5 Å². The minimum Gasteiger partial charge on any atom is -0.496 e. The molecule has 1 fully saturated rings. The van der Waals surface area contributed by atoms with Gasteiger partial charge in [-0.15, -0.1) is 0 Å². The number of sulfonamides is 1. The third-order valence-corrected chi connectivity index (χ3v) is 7.47. The molecular formula is C21H25BrN4O4S. The van der Waals surface area contributed by atoms with Gasteiger partial charge in [0.05, 0.1) is 29.2 Å². The summed E-state index contributed by atoms with van der Waals surface area (Å²) in [6, 6.07) is 12.3. The Morgan fingerprint density at radius 1 is 1.16 bits per heavy atom. The van der Waals surface area contributed by atoms with Crippen LogP contribution < -0.4 is 10.2 Å². The van der Waals surface area contributed by atoms with Gasteiger partial charge in [-0.3, -0.25) is 9.69 Å². The molecule has 1 aliphatic heterocycles. The van der Waals surface area contributed by atoms with Crippen molar-refractivity contribution < 1.29 is 17.9 Å². The lowest BCUT2D eigenvalue weighted by atomic mass is 10.2. The highest BCUT2D eigenvalue weighted by Crippen LogP contribution is 2.24. The first-order chi connectivity index (χ1) is 14.8. The molecule has 0 spiro atoms. The highest BCUT2D eigenvalue weighted by Gasteiger charge is 2.28. The predicted molar refractivity (Wildman–Crippen MR) is 123 cm³/mol. The second-order valence-corrected chi connectivity index (χ2v) is 9.97. The Morgan fingerprint density at radius 2 is 1.84 bits per heavy atom. The van der Waals surface area contributed by atoms with E-state index >= 15 is 0 Å². The summed E-state index contributed by atoms with van der Waals surface area (Å²) >= 11 is 3.40. The van der Waals surface area contributed by atoms with E-state index in [1.54, 1.807) is 43.7 Å². The van der Waals surface area contributed by atoms with Crippen molar-refractivity contribution in [2.45, 2.75) is 11.8 Å². The molecule has 166 valence electrons. The lowest BCUT2D eigenvalue weighted by molar-refractivity contribution is -0.122. The predicted octanol–water partition coefficient (Wildman–Crippen LogP) is 2.22. The number of piperazine rings is 1. The summed E-state index contributed by atoms with van der Waals surface area (Å²) in [5, 5.41) is 3.99. The van der Waals surface area contributed by atoms with Crippen molar-refractivity contribution in [1.29, 1.82) is 0 Å². The van der Waals surface area contributed by atoms with Crippen LogP contribution in [0.15, 0.2) is 56.9 Å². The summed E-state index contributed by atoms with van der Waals surface area (Å²) < 4.78 is 33.0. The van der Waals surface area contributed by atoms with Gasteiger partial charge in [0.25, 0.3) is 5.91 Å². The lowest BCUT2D eigenvalue weighted by Gasteiger charge is -2.33. The van der Waals surface area contributed by atoms with E-state index in [1.165, 1.54) is 4.31 Å². The molecule has 0 bridgehead atoms. The van der Waals surface area contributed by atoms with Crippen molar-refractivity contribution in [3.63, 3.8) is 0 Å². The average molecular weight is 509 g/mol. The molecule has 31 heavy (non-hydrogen) atoms. The number of hydrogen-bond donors (Lipinski definition) is 1. The van der Waals surface area contributed by atoms with E-state index in [0.717, 1.165) is 15.6 Å². The number of nitrogens with zero attached hydrogens (tertiary/aromatic N) is 3. The van der Waals surface area contributed by atoms with Gasteiger partial charge in [-0.2, -0.15) is 9.41 Å². The van der Waals surface area contributed by atoms with Crippen LogP contribution in [0, 0.1) is 6.92 Å². The molecule has 1 saturated heterocycles. The van der Waals surface area contributed by atoms with Crippen molar-refractivity contribution in [3.8, 4) is 5.75 Å². The Bertz CT molecular complexity index is 1050. The van der Waals surface area contributed by atoms with Crippen LogP contribution >= 0.6 is 15.9 Å². The van der Waals surface area contributed by atoms with E-state index < -0.39 is 10.0 Å². The Kier molecular flexibility index (Phi) is 7.82. The molecule has 1 aliphatic rings. The van der Waals surface area contributed by atoms with Crippen molar-refractivity contribution >= 4 is 38.1 Å². The van der Waals surface area contributed by atoms with Gasteiger partial charge < -0.3 is 4.74 Å². The van der Waals surface area contributed by atoms with Crippen LogP contribution in [0.3, 0.4) is 0 Å². The number of carbonyl (C=O) groups is 1. The zero-order chi connectivity index (χ0) is 22.4. The second-order valence-electron chi connectivity index (χ2n) is 7.18. The van der Waals surface area contributed by atoms with Gasteiger partial charge in [0.1, 0.15) is 5.75 Å². The molecule has 0 aliphatic carbocycles. The summed E-state index contributed by atoms with van der Waals surface area (Å²) in [7, 11) is -1.93. The SMILES string of the molecule is COc1ccc(/C=N/NC(=O)CN2CCN(S(=O)(=O)c3ccc(C)cc3)CC2)cc1Br. The van der Waals surface area contributed by atoms with Gasteiger partial charge in [-0.25, -0.2) is 13.8 Å². The van der Waals surface area contributed by atoms with Gasteiger partial charge in [0.15, 0.2) is 0 Å². The normalized spacial score (nSPS) is 15.8. The van der Waals surface area contributed by atoms with Crippen LogP contribution in [0.5, 0.6) is 5.75 Å². The smallest absolute Gasteiger partial charge is 0.254 e. The Balaban J connectivity index is 1.47. The number of hydrogen-bond acceptors (Lipinski definition) is 6. The second kappa shape index (κ2) is 10.4. The quantitative estimate of drug-likeness (QED) is 0.457. The number of halogens is 1. The monoisotopic (exact) mass is 508 g/mol. The van der Waals surface area contributed by atoms with E-state index in [0.29, 0.717) is 36.8 Å². The molecule has 0 atom stereocenters. The summed E-state index contributed by atoms with van der Waals surface area (Å²) in [5.41, 5.74) is 4.33. The third kappa shape index (κ3) is 6.13. The van der Waals surface area contributed by atoms with Crippen LogP contribution in [-0.4, -0.2) is 69.6 Å². The zero-order valence-corrected chi connectivity index (χ0v) is 19.8. The van der Waals surface area contributed by atoms with Crippen LogP contribution in [0.1, 0.15) is 11.1 Å². The highest BCUT2D eigenvalue weighted by atomic mass is 79.9. The first-order valence-electron chi connectivity index (χ1n) is 9.74. The molecule has 0 radical (unpaired) electrons. The van der Waals surface area contributed by atoms with Crippen LogP contribution in [-0.2, 0) is 14.8 Å². The van der Waals surface area contributed by atoms with Crippen molar-refractivity contribution in [2.75, 3.05) is 39.8 Å². The molecule has 1 amide bonds. The fourth-order valence-electron chi connectivity index (χ4n) is 3.17. The fraction of sp³-hybridized carbons (Fsp3) is 0.333. The number of nitrogens with one attached hydrogen (secondary N) is 1. The van der Waals surface area contributed by atoms with Gasteiger partial charge in [0, 0.05) is 26.2 Å². The van der Waals surface area contributed by atoms with Crippen LogP contribution in [0.2, 0.25) is 0 Å². The third-order valence-electron chi connectivity index (χ3n) is 4.94. The van der Waals surface area contributed by atoms with Gasteiger partial charge in [-0.05, 0) is 58.7 Å². The van der Waals surface area contributed by atoms with Crippen LogP contribution in [0.25, 0.3) is 0 Å². The highest BCUT2D eigenvalue weighted by molar-refractivity contribution is 9.10. The zero-order valence-electron chi connectivity index (χ0n) is 17.4. The Morgan fingerprint density at radius 3 is 2.45 bits per heavy atom. The van der Waals surface area contributed by atoms with Crippen molar-refractivity contribution in [3.05, 3.63) is 58.1 Å². The molecule has 1 N–H and O–H groups in total. The molecule has 0 saturated carbocycles. The van der Waals surface area contributed by atoms with E-state index in [9.17, 15) is 13.2 Å². The van der Waals surface area contributed by atoms with Crippen molar-refractivity contribution in [2.24, 2.45) is 5.10 Å². The van der Waals surface area contributed by atoms with Gasteiger partial charge >= 0.3 is 0 Å². The number of hydrazone groups is 1. The molecule has 1 heterocycles. The first kappa shape index (κ1) is 23.4. The topological polar surface area (TPSA) is 91.3 Å². The van der Waals surface area contributed by atoms with Crippen molar-refractivity contribution in [1.82, 2.24) is 14.6 Å². The summed E-state index contributed by atoms with van der Waals surface area (Å²) in [5.74, 6) is 0.461. The van der Waals surface area contributed by atoms with E-state index in [1.807, 2.05) is 24.0 Å². The molecule has 2 aromatic carbocycles. The van der Waals surface area contributed by atoms with Gasteiger partial charge in [-0.1, -0.05) is 17.7 Å². The maximum absolute atomic E-state index is 12.8. The molecule has 2 aromatic rings. The molecule has 3 rings (SSSR count). The Hall–Kier alpha value is -2.27. The molecular weight excluding hydrogens is 484 g/mol. The Labute approximate surface area is 191 Å². The number of benzene rings is 2. The lowest BCUT2D eigenvalue weighted by Crippen LogP contribution is -2.50. The molecule has 10 heteroatoms. The maximum atomic E-state index is 12.8. The minimum atomic E-state index is -3.51. The van der Waals surface area contributed by atoms with Crippen LogP contribution in [0.4, 0.5) is 0 Å². The standard InChI is InChI=1S/C21H25BrN4O4S/c1-16-3-6-18(7-4-16)31(28,29)26-11-9-25(10-12-26)15-21(27)24-23-14-17-5-8-20(30-2)19(22)13-17/h3-8,13-14H,9-12,15H2,1-2H3,(H,24,27)/b23-14+. The van der Waals surface area contributed by atoms with E-state index in [2.05, 4.69) is 26.5 Å². The summed E-state index contributed by atoms with van der Waals surface area (Å²) in [6.07, 6.45) is 1.55. The van der Waals surface area contributed by atoms with Gasteiger partial charge in [0.2, 0.25) is 10.0 Å². The number of rotatable bonds is 7. The maximum Gasteiger partial charge on any atom is 0.254 e. The number of methoxy groups -OCH3 is 1. The number of carbonyl (C=O) groups excluding carboxylic acids is 1. The first-order valence-corrected chi connectivity index (χ1v) is 12.0. The molecule has 0 unspecified atom stereocenters. The average Bonchev–Trinajstić information content (AvgIpc) is 2.74. The molecule has 0 aromatic heterocycles.